The number of esters is 1. The lowest BCUT2D eigenvalue weighted by Gasteiger charge is -2.18. The molecule has 0 N–H and O–H groups in total. The van der Waals surface area contributed by atoms with Crippen LogP contribution in [0.5, 0.6) is 0 Å². The van der Waals surface area contributed by atoms with Gasteiger partial charge in [-0.1, -0.05) is 36.4 Å². The standard InChI is InChI=1S/C22H22FNO4/c1-22(2)27-19(21(26)28-22)13-20(25)24(3)14-17-7-5-4-6-16(17)12-15-8-10-18(23)11-9-15/h4-11,13H,12,14H2,1-3H3. The smallest absolute Gasteiger partial charge is 0.377 e. The second kappa shape index (κ2) is 7.84. The molecule has 6 heteroatoms. The number of halogens is 1. The van der Waals surface area contributed by atoms with Crippen LogP contribution in [0.3, 0.4) is 0 Å². The molecule has 1 saturated heterocycles. The van der Waals surface area contributed by atoms with Gasteiger partial charge < -0.3 is 14.4 Å². The molecule has 0 saturated carbocycles. The highest BCUT2D eigenvalue weighted by Gasteiger charge is 2.38. The molecule has 0 bridgehead atoms. The van der Waals surface area contributed by atoms with Crippen LogP contribution in [0.2, 0.25) is 0 Å². The van der Waals surface area contributed by atoms with Crippen LogP contribution in [-0.4, -0.2) is 29.6 Å². The van der Waals surface area contributed by atoms with Crippen LogP contribution in [0.1, 0.15) is 30.5 Å². The summed E-state index contributed by atoms with van der Waals surface area (Å²) in [4.78, 5) is 25.8. The molecule has 1 aliphatic rings. The summed E-state index contributed by atoms with van der Waals surface area (Å²) in [5, 5.41) is 0. The van der Waals surface area contributed by atoms with E-state index < -0.39 is 11.8 Å². The largest absolute Gasteiger partial charge is 0.445 e. The van der Waals surface area contributed by atoms with Crippen molar-refractivity contribution in [3.8, 4) is 0 Å². The summed E-state index contributed by atoms with van der Waals surface area (Å²) >= 11 is 0. The molecule has 1 heterocycles. The minimum atomic E-state index is -1.07. The summed E-state index contributed by atoms with van der Waals surface area (Å²) in [5.74, 6) is -2.44. The average molecular weight is 383 g/mol. The molecule has 0 radical (unpaired) electrons. The van der Waals surface area contributed by atoms with Gasteiger partial charge in [-0.15, -0.1) is 0 Å². The van der Waals surface area contributed by atoms with Crippen LogP contribution < -0.4 is 0 Å². The molecule has 1 amide bonds. The van der Waals surface area contributed by atoms with Crippen LogP contribution in [0, 0.1) is 5.82 Å². The Morgan fingerprint density at radius 2 is 1.71 bits per heavy atom. The third kappa shape index (κ3) is 4.76. The minimum Gasteiger partial charge on any atom is -0.445 e. The third-order valence-electron chi connectivity index (χ3n) is 4.36. The number of hydrogen-bond donors (Lipinski definition) is 0. The first-order chi connectivity index (χ1) is 13.2. The zero-order chi connectivity index (χ0) is 20.3. The van der Waals surface area contributed by atoms with Crippen molar-refractivity contribution in [2.45, 2.75) is 32.6 Å². The number of benzene rings is 2. The summed E-state index contributed by atoms with van der Waals surface area (Å²) < 4.78 is 23.5. The van der Waals surface area contributed by atoms with Gasteiger partial charge in [-0.25, -0.2) is 9.18 Å². The first-order valence-electron chi connectivity index (χ1n) is 8.94. The SMILES string of the molecule is CN(Cc1ccccc1Cc1ccc(F)cc1)C(=O)C=C1OC(C)(C)OC1=O. The van der Waals surface area contributed by atoms with E-state index in [1.165, 1.54) is 17.0 Å². The molecular formula is C22H22FNO4. The Morgan fingerprint density at radius 3 is 2.32 bits per heavy atom. The maximum Gasteiger partial charge on any atom is 0.377 e. The lowest BCUT2D eigenvalue weighted by atomic mass is 9.99. The van der Waals surface area contributed by atoms with E-state index in [9.17, 15) is 14.0 Å². The van der Waals surface area contributed by atoms with Crippen molar-refractivity contribution in [2.24, 2.45) is 0 Å². The molecule has 28 heavy (non-hydrogen) atoms. The van der Waals surface area contributed by atoms with E-state index in [-0.39, 0.29) is 17.5 Å². The molecule has 0 aromatic heterocycles. The second-order valence-electron chi connectivity index (χ2n) is 7.17. The Kier molecular flexibility index (Phi) is 5.49. The van der Waals surface area contributed by atoms with Crippen molar-refractivity contribution >= 4 is 11.9 Å². The van der Waals surface area contributed by atoms with E-state index in [2.05, 4.69) is 0 Å². The third-order valence-corrected chi connectivity index (χ3v) is 4.36. The van der Waals surface area contributed by atoms with Gasteiger partial charge in [0, 0.05) is 27.4 Å². The maximum atomic E-state index is 13.1. The number of nitrogens with zero attached hydrogens (tertiary/aromatic N) is 1. The number of rotatable bonds is 5. The molecule has 3 rings (SSSR count). The maximum absolute atomic E-state index is 13.1. The van der Waals surface area contributed by atoms with Gasteiger partial charge >= 0.3 is 5.97 Å². The number of ether oxygens (including phenoxy) is 2. The Morgan fingerprint density at radius 1 is 1.07 bits per heavy atom. The van der Waals surface area contributed by atoms with E-state index in [1.807, 2.05) is 24.3 Å². The Hall–Kier alpha value is -3.15. The van der Waals surface area contributed by atoms with Gasteiger partial charge in [-0.05, 0) is 35.2 Å². The van der Waals surface area contributed by atoms with Crippen molar-refractivity contribution < 1.29 is 23.5 Å². The average Bonchev–Trinajstić information content (AvgIpc) is 2.90. The highest BCUT2D eigenvalue weighted by Crippen LogP contribution is 2.26. The van der Waals surface area contributed by atoms with Crippen LogP contribution >= 0.6 is 0 Å². The quantitative estimate of drug-likeness (QED) is 0.585. The minimum absolute atomic E-state index is 0.0959. The predicted molar refractivity (Wildman–Crippen MR) is 101 cm³/mol. The van der Waals surface area contributed by atoms with Crippen molar-refractivity contribution in [3.63, 3.8) is 0 Å². The Balaban J connectivity index is 1.72. The number of cyclic esters (lactones) is 1. The molecular weight excluding hydrogens is 361 g/mol. The van der Waals surface area contributed by atoms with Crippen LogP contribution in [0.4, 0.5) is 4.39 Å². The van der Waals surface area contributed by atoms with Gasteiger partial charge in [0.25, 0.3) is 5.91 Å². The van der Waals surface area contributed by atoms with E-state index in [4.69, 9.17) is 9.47 Å². The van der Waals surface area contributed by atoms with E-state index in [0.29, 0.717) is 13.0 Å². The summed E-state index contributed by atoms with van der Waals surface area (Å²) in [6, 6.07) is 14.1. The first-order valence-corrected chi connectivity index (χ1v) is 8.94. The summed E-state index contributed by atoms with van der Waals surface area (Å²) in [5.41, 5.74) is 2.99. The molecule has 146 valence electrons. The number of likely N-dealkylation sites (N-methyl/N-ethyl adjacent to an activating group) is 1. The topological polar surface area (TPSA) is 55.8 Å². The summed E-state index contributed by atoms with van der Waals surface area (Å²) in [7, 11) is 1.65. The van der Waals surface area contributed by atoms with Gasteiger partial charge in [0.1, 0.15) is 5.82 Å². The van der Waals surface area contributed by atoms with E-state index in [1.54, 1.807) is 33.0 Å². The van der Waals surface area contributed by atoms with E-state index in [0.717, 1.165) is 22.8 Å². The molecule has 1 fully saturated rings. The summed E-state index contributed by atoms with van der Waals surface area (Å²) in [6.07, 6.45) is 1.78. The van der Waals surface area contributed by atoms with Crippen molar-refractivity contribution in [2.75, 3.05) is 7.05 Å². The van der Waals surface area contributed by atoms with Gasteiger partial charge in [0.05, 0.1) is 6.08 Å². The van der Waals surface area contributed by atoms with Gasteiger partial charge in [-0.3, -0.25) is 4.79 Å². The summed E-state index contributed by atoms with van der Waals surface area (Å²) in [6.45, 7) is 3.57. The number of amides is 1. The zero-order valence-electron chi connectivity index (χ0n) is 16.1. The van der Waals surface area contributed by atoms with Crippen molar-refractivity contribution in [1.29, 1.82) is 0 Å². The van der Waals surface area contributed by atoms with Crippen molar-refractivity contribution in [1.82, 2.24) is 4.90 Å². The lowest BCUT2D eigenvalue weighted by molar-refractivity contribution is -0.159. The lowest BCUT2D eigenvalue weighted by Crippen LogP contribution is -2.25. The van der Waals surface area contributed by atoms with Gasteiger partial charge in [-0.2, -0.15) is 0 Å². The predicted octanol–water partition coefficient (Wildman–Crippen LogP) is 3.57. The second-order valence-corrected chi connectivity index (χ2v) is 7.17. The van der Waals surface area contributed by atoms with E-state index >= 15 is 0 Å². The Bertz CT molecular complexity index is 918. The molecule has 0 spiro atoms. The van der Waals surface area contributed by atoms with Crippen molar-refractivity contribution in [3.05, 3.63) is 82.9 Å². The first kappa shape index (κ1) is 19.6. The molecule has 5 nitrogen and oxygen atoms in total. The number of carbonyl (C=O) groups excluding carboxylic acids is 2. The molecule has 2 aromatic carbocycles. The molecule has 0 aliphatic carbocycles. The monoisotopic (exact) mass is 383 g/mol. The fourth-order valence-corrected chi connectivity index (χ4v) is 2.95. The normalized spacial score (nSPS) is 16.6. The van der Waals surface area contributed by atoms with Crippen LogP contribution in [0.15, 0.2) is 60.4 Å². The van der Waals surface area contributed by atoms with Crippen LogP contribution in [-0.2, 0) is 32.0 Å². The Labute approximate surface area is 163 Å². The number of carbonyl (C=O) groups is 2. The van der Waals surface area contributed by atoms with Gasteiger partial charge in [0.2, 0.25) is 11.5 Å². The molecule has 2 aromatic rings. The zero-order valence-corrected chi connectivity index (χ0v) is 16.1. The molecule has 0 unspecified atom stereocenters. The molecule has 0 atom stereocenters. The van der Waals surface area contributed by atoms with Gasteiger partial charge in [0.15, 0.2) is 0 Å². The highest BCUT2D eigenvalue weighted by molar-refractivity contribution is 5.97. The number of hydrogen-bond acceptors (Lipinski definition) is 4. The van der Waals surface area contributed by atoms with Crippen LogP contribution in [0.25, 0.3) is 0 Å². The fourth-order valence-electron chi connectivity index (χ4n) is 2.95. The molecule has 1 aliphatic heterocycles. The highest BCUT2D eigenvalue weighted by atomic mass is 19.1. The fraction of sp³-hybridized carbons (Fsp3) is 0.273.